The number of fused-ring (bicyclic) bond motifs is 1. The fraction of sp³-hybridized carbons (Fsp3) is 0.217. The molecule has 0 radical (unpaired) electrons. The molecule has 150 valence electrons. The second-order valence-electron chi connectivity index (χ2n) is 7.43. The summed E-state index contributed by atoms with van der Waals surface area (Å²) < 4.78 is 1.51. The SMILES string of the molecule is O=C(c1cnc2sc(Cc3ccccc3)cn2c1=O)N1CCCC1c1ccncc1. The Balaban J connectivity index is 1.46. The summed E-state index contributed by atoms with van der Waals surface area (Å²) in [5.74, 6) is -0.253. The molecule has 4 aromatic rings. The molecule has 1 aromatic carbocycles. The first-order valence-corrected chi connectivity index (χ1v) is 10.8. The Morgan fingerprint density at radius 1 is 1.13 bits per heavy atom. The van der Waals surface area contributed by atoms with Gasteiger partial charge in [0.1, 0.15) is 5.56 Å². The lowest BCUT2D eigenvalue weighted by atomic mass is 10.1. The van der Waals surface area contributed by atoms with Gasteiger partial charge >= 0.3 is 0 Å². The molecular formula is C23H20N4O2S. The molecule has 1 saturated heterocycles. The lowest BCUT2D eigenvalue weighted by Gasteiger charge is -2.24. The third-order valence-corrected chi connectivity index (χ3v) is 6.51. The highest BCUT2D eigenvalue weighted by molar-refractivity contribution is 7.17. The van der Waals surface area contributed by atoms with Gasteiger partial charge in [0.2, 0.25) is 0 Å². The minimum Gasteiger partial charge on any atom is -0.331 e. The lowest BCUT2D eigenvalue weighted by molar-refractivity contribution is 0.0733. The average molecular weight is 417 g/mol. The molecule has 1 fully saturated rings. The molecule has 1 aliphatic rings. The number of aromatic nitrogens is 3. The summed E-state index contributed by atoms with van der Waals surface area (Å²) in [6.45, 7) is 0.636. The summed E-state index contributed by atoms with van der Waals surface area (Å²) in [4.78, 5) is 38.3. The first-order chi connectivity index (χ1) is 14.7. The van der Waals surface area contributed by atoms with Crippen molar-refractivity contribution in [3.63, 3.8) is 0 Å². The van der Waals surface area contributed by atoms with E-state index in [1.807, 2.05) is 36.5 Å². The lowest BCUT2D eigenvalue weighted by Crippen LogP contribution is -2.35. The van der Waals surface area contributed by atoms with Crippen molar-refractivity contribution in [2.45, 2.75) is 25.3 Å². The van der Waals surface area contributed by atoms with Crippen LogP contribution < -0.4 is 5.56 Å². The maximum Gasteiger partial charge on any atom is 0.271 e. The van der Waals surface area contributed by atoms with Gasteiger partial charge in [-0.25, -0.2) is 4.98 Å². The van der Waals surface area contributed by atoms with Crippen molar-refractivity contribution in [3.05, 3.63) is 99.2 Å². The van der Waals surface area contributed by atoms with Gasteiger partial charge in [0, 0.05) is 42.6 Å². The third-order valence-electron chi connectivity index (χ3n) is 5.51. The molecule has 1 amide bonds. The highest BCUT2D eigenvalue weighted by Crippen LogP contribution is 2.32. The number of carbonyl (C=O) groups is 1. The first kappa shape index (κ1) is 18.7. The van der Waals surface area contributed by atoms with Crippen molar-refractivity contribution >= 4 is 22.2 Å². The maximum absolute atomic E-state index is 13.3. The number of rotatable bonds is 4. The van der Waals surface area contributed by atoms with Crippen molar-refractivity contribution in [2.75, 3.05) is 6.54 Å². The van der Waals surface area contributed by atoms with Gasteiger partial charge in [-0.05, 0) is 36.1 Å². The van der Waals surface area contributed by atoms with Gasteiger partial charge in [-0.3, -0.25) is 19.0 Å². The largest absolute Gasteiger partial charge is 0.331 e. The van der Waals surface area contributed by atoms with Crippen LogP contribution in [0.5, 0.6) is 0 Å². The van der Waals surface area contributed by atoms with Crippen LogP contribution in [0.2, 0.25) is 0 Å². The monoisotopic (exact) mass is 416 g/mol. The van der Waals surface area contributed by atoms with E-state index < -0.39 is 0 Å². The van der Waals surface area contributed by atoms with E-state index in [9.17, 15) is 9.59 Å². The Morgan fingerprint density at radius 2 is 1.93 bits per heavy atom. The van der Waals surface area contributed by atoms with Crippen LogP contribution in [0.1, 0.15) is 45.2 Å². The van der Waals surface area contributed by atoms with Crippen LogP contribution in [-0.2, 0) is 6.42 Å². The number of thiazole rings is 1. The number of hydrogen-bond donors (Lipinski definition) is 0. The van der Waals surface area contributed by atoms with E-state index in [1.54, 1.807) is 17.3 Å². The van der Waals surface area contributed by atoms with Gasteiger partial charge in [0.15, 0.2) is 4.96 Å². The minimum absolute atomic E-state index is 0.0308. The first-order valence-electron chi connectivity index (χ1n) is 9.95. The van der Waals surface area contributed by atoms with E-state index in [2.05, 4.69) is 22.1 Å². The van der Waals surface area contributed by atoms with Crippen LogP contribution >= 0.6 is 11.3 Å². The predicted octanol–water partition coefficient (Wildman–Crippen LogP) is 3.72. The van der Waals surface area contributed by atoms with E-state index in [0.29, 0.717) is 11.5 Å². The molecule has 1 aliphatic heterocycles. The Labute approximate surface area is 177 Å². The predicted molar refractivity (Wildman–Crippen MR) is 116 cm³/mol. The van der Waals surface area contributed by atoms with Crippen molar-refractivity contribution in [1.82, 2.24) is 19.3 Å². The maximum atomic E-state index is 13.3. The average Bonchev–Trinajstić information content (AvgIpc) is 3.42. The molecule has 0 spiro atoms. The number of amides is 1. The van der Waals surface area contributed by atoms with E-state index in [-0.39, 0.29) is 23.1 Å². The zero-order valence-electron chi connectivity index (χ0n) is 16.3. The number of pyridine rings is 1. The molecule has 0 N–H and O–H groups in total. The van der Waals surface area contributed by atoms with Gasteiger partial charge in [0.05, 0.1) is 6.04 Å². The van der Waals surface area contributed by atoms with Gasteiger partial charge in [-0.1, -0.05) is 30.3 Å². The van der Waals surface area contributed by atoms with E-state index in [1.165, 1.54) is 27.5 Å². The molecule has 6 nitrogen and oxygen atoms in total. The molecule has 5 rings (SSSR count). The van der Waals surface area contributed by atoms with Crippen molar-refractivity contribution in [3.8, 4) is 0 Å². The molecule has 1 atom stereocenters. The van der Waals surface area contributed by atoms with Crippen LogP contribution in [0.4, 0.5) is 0 Å². The third kappa shape index (κ3) is 3.41. The second kappa shape index (κ2) is 7.84. The smallest absolute Gasteiger partial charge is 0.271 e. The Bertz CT molecular complexity index is 1250. The van der Waals surface area contributed by atoms with E-state index >= 15 is 0 Å². The number of likely N-dealkylation sites (tertiary alicyclic amines) is 1. The van der Waals surface area contributed by atoms with Gasteiger partial charge in [-0.2, -0.15) is 0 Å². The normalized spacial score (nSPS) is 16.3. The van der Waals surface area contributed by atoms with Crippen molar-refractivity contribution in [2.24, 2.45) is 0 Å². The van der Waals surface area contributed by atoms with E-state index in [4.69, 9.17) is 0 Å². The summed E-state index contributed by atoms with van der Waals surface area (Å²) in [7, 11) is 0. The molecule has 0 bridgehead atoms. The van der Waals surface area contributed by atoms with Crippen LogP contribution in [0, 0.1) is 0 Å². The molecule has 3 aromatic heterocycles. The topological polar surface area (TPSA) is 67.6 Å². The van der Waals surface area contributed by atoms with Crippen LogP contribution in [-0.4, -0.2) is 31.7 Å². The quantitative estimate of drug-likeness (QED) is 0.509. The van der Waals surface area contributed by atoms with Crippen LogP contribution in [0.25, 0.3) is 4.96 Å². The fourth-order valence-electron chi connectivity index (χ4n) is 4.05. The Morgan fingerprint density at radius 3 is 2.73 bits per heavy atom. The molecule has 4 heterocycles. The number of hydrogen-bond acceptors (Lipinski definition) is 5. The summed E-state index contributed by atoms with van der Waals surface area (Å²) in [6.07, 6.45) is 9.24. The summed E-state index contributed by atoms with van der Waals surface area (Å²) >= 11 is 1.48. The number of nitrogens with zero attached hydrogens (tertiary/aromatic N) is 4. The highest BCUT2D eigenvalue weighted by atomic mass is 32.1. The fourth-order valence-corrected chi connectivity index (χ4v) is 5.02. The zero-order chi connectivity index (χ0) is 20.5. The zero-order valence-corrected chi connectivity index (χ0v) is 17.1. The molecule has 0 aliphatic carbocycles. The van der Waals surface area contributed by atoms with E-state index in [0.717, 1.165) is 29.7 Å². The summed E-state index contributed by atoms with van der Waals surface area (Å²) in [6, 6.07) is 13.9. The molecule has 1 unspecified atom stereocenters. The second-order valence-corrected chi connectivity index (χ2v) is 8.52. The minimum atomic E-state index is -0.305. The molecular weight excluding hydrogens is 396 g/mol. The van der Waals surface area contributed by atoms with Crippen molar-refractivity contribution < 1.29 is 4.79 Å². The van der Waals surface area contributed by atoms with Crippen molar-refractivity contribution in [1.29, 1.82) is 0 Å². The summed E-state index contributed by atoms with van der Waals surface area (Å²) in [5, 5.41) is 0. The van der Waals surface area contributed by atoms with Gasteiger partial charge in [-0.15, -0.1) is 11.3 Å². The van der Waals surface area contributed by atoms with Crippen LogP contribution in [0.15, 0.2) is 72.0 Å². The van der Waals surface area contributed by atoms with Crippen LogP contribution in [0.3, 0.4) is 0 Å². The van der Waals surface area contributed by atoms with Gasteiger partial charge in [0.25, 0.3) is 11.5 Å². The molecule has 30 heavy (non-hydrogen) atoms. The highest BCUT2D eigenvalue weighted by Gasteiger charge is 2.32. The Hall–Kier alpha value is -3.32. The number of carbonyl (C=O) groups excluding carboxylic acids is 1. The Kier molecular flexibility index (Phi) is 4.88. The summed E-state index contributed by atoms with van der Waals surface area (Å²) in [5.41, 5.74) is 2.04. The van der Waals surface area contributed by atoms with Gasteiger partial charge < -0.3 is 4.90 Å². The number of benzene rings is 1. The molecule has 0 saturated carbocycles. The molecule has 7 heteroatoms. The standard InChI is InChI=1S/C23H20N4O2S/c28-21(26-12-4-7-20(26)17-8-10-24-11-9-17)19-14-25-23-27(22(19)29)15-18(30-23)13-16-5-2-1-3-6-16/h1-3,5-6,8-11,14-15,20H,4,7,12-13H2.